The molecule has 0 spiro atoms. The normalized spacial score (nSPS) is 15.6. The zero-order chi connectivity index (χ0) is 11.7. The van der Waals surface area contributed by atoms with Gasteiger partial charge in [0.2, 0.25) is 0 Å². The van der Waals surface area contributed by atoms with E-state index < -0.39 is 0 Å². The van der Waals surface area contributed by atoms with Crippen molar-refractivity contribution in [1.82, 2.24) is 0 Å². The topological polar surface area (TPSA) is 55.5 Å². The van der Waals surface area contributed by atoms with Crippen molar-refractivity contribution in [1.29, 1.82) is 0 Å². The summed E-state index contributed by atoms with van der Waals surface area (Å²) in [6.45, 7) is 8.62. The van der Waals surface area contributed by atoms with E-state index in [1.807, 2.05) is 0 Å². The van der Waals surface area contributed by atoms with Gasteiger partial charge in [0, 0.05) is 31.8 Å². The average molecular weight is 217 g/mol. The van der Waals surface area contributed by atoms with Crippen LogP contribution in [0.1, 0.15) is 40.0 Å². The van der Waals surface area contributed by atoms with E-state index in [1.165, 1.54) is 0 Å². The second-order valence-electron chi connectivity index (χ2n) is 4.82. The van der Waals surface area contributed by atoms with Crippen molar-refractivity contribution < 1.29 is 9.84 Å². The van der Waals surface area contributed by atoms with Gasteiger partial charge in [-0.25, -0.2) is 0 Å². The Bertz CT molecular complexity index is 145. The van der Waals surface area contributed by atoms with Gasteiger partial charge in [0.25, 0.3) is 0 Å². The molecule has 0 aliphatic rings. The summed E-state index contributed by atoms with van der Waals surface area (Å²) in [6, 6.07) is 0. The Morgan fingerprint density at radius 2 is 2.00 bits per heavy atom. The lowest BCUT2D eigenvalue weighted by Crippen LogP contribution is -2.36. The molecule has 3 heteroatoms. The Morgan fingerprint density at radius 3 is 2.40 bits per heavy atom. The molecule has 0 aromatic rings. The molecule has 15 heavy (non-hydrogen) atoms. The predicted molar refractivity (Wildman–Crippen MR) is 63.8 cm³/mol. The fraction of sp³-hybridized carbons (Fsp3) is 1.00. The second kappa shape index (κ2) is 8.08. The Kier molecular flexibility index (Phi) is 8.02. The first-order chi connectivity index (χ1) is 7.10. The van der Waals surface area contributed by atoms with Gasteiger partial charge in [0.05, 0.1) is 0 Å². The zero-order valence-corrected chi connectivity index (χ0v) is 10.5. The van der Waals surface area contributed by atoms with Crippen LogP contribution in [-0.4, -0.2) is 31.5 Å². The van der Waals surface area contributed by atoms with Crippen LogP contribution in [0.4, 0.5) is 0 Å². The third-order valence-corrected chi connectivity index (χ3v) is 2.73. The van der Waals surface area contributed by atoms with Crippen molar-refractivity contribution in [3.63, 3.8) is 0 Å². The van der Waals surface area contributed by atoms with Gasteiger partial charge < -0.3 is 15.6 Å². The molecule has 0 aromatic carbocycles. The van der Waals surface area contributed by atoms with Gasteiger partial charge in [-0.05, 0) is 25.2 Å². The summed E-state index contributed by atoms with van der Waals surface area (Å²) < 4.78 is 5.46. The van der Waals surface area contributed by atoms with Crippen molar-refractivity contribution in [2.45, 2.75) is 40.0 Å². The monoisotopic (exact) mass is 217 g/mol. The minimum Gasteiger partial charge on any atom is -0.396 e. The SMILES string of the molecule is CCCOCCC(CN)(CO)CC(C)C. The highest BCUT2D eigenvalue weighted by atomic mass is 16.5. The average Bonchev–Trinajstić information content (AvgIpc) is 2.22. The van der Waals surface area contributed by atoms with Gasteiger partial charge in [0.1, 0.15) is 0 Å². The first-order valence-electron chi connectivity index (χ1n) is 5.99. The molecule has 0 fully saturated rings. The number of ether oxygens (including phenoxy) is 1. The van der Waals surface area contributed by atoms with Gasteiger partial charge in [-0.1, -0.05) is 20.8 Å². The summed E-state index contributed by atoms with van der Waals surface area (Å²) in [6.07, 6.45) is 2.87. The lowest BCUT2D eigenvalue weighted by Gasteiger charge is -2.32. The van der Waals surface area contributed by atoms with Crippen molar-refractivity contribution in [2.75, 3.05) is 26.4 Å². The maximum Gasteiger partial charge on any atom is 0.0500 e. The number of aliphatic hydroxyl groups is 1. The molecule has 1 unspecified atom stereocenters. The smallest absolute Gasteiger partial charge is 0.0500 e. The molecule has 0 bridgehead atoms. The first-order valence-corrected chi connectivity index (χ1v) is 5.99. The quantitative estimate of drug-likeness (QED) is 0.579. The van der Waals surface area contributed by atoms with E-state index in [-0.39, 0.29) is 12.0 Å². The fourth-order valence-corrected chi connectivity index (χ4v) is 1.90. The number of hydrogen-bond acceptors (Lipinski definition) is 3. The van der Waals surface area contributed by atoms with Crippen LogP contribution in [0.3, 0.4) is 0 Å². The Balaban J connectivity index is 4.00. The Morgan fingerprint density at radius 1 is 1.33 bits per heavy atom. The van der Waals surface area contributed by atoms with E-state index >= 15 is 0 Å². The number of rotatable bonds is 9. The lowest BCUT2D eigenvalue weighted by atomic mass is 9.78. The highest BCUT2D eigenvalue weighted by Gasteiger charge is 2.28. The van der Waals surface area contributed by atoms with E-state index in [1.54, 1.807) is 0 Å². The summed E-state index contributed by atoms with van der Waals surface area (Å²) in [4.78, 5) is 0. The number of hydrogen-bond donors (Lipinski definition) is 2. The van der Waals surface area contributed by atoms with Crippen LogP contribution in [-0.2, 0) is 4.74 Å². The third-order valence-electron chi connectivity index (χ3n) is 2.73. The standard InChI is InChI=1S/C12H27NO2/c1-4-6-15-7-5-12(9-13,10-14)8-11(2)3/h11,14H,4-10,13H2,1-3H3. The first kappa shape index (κ1) is 14.9. The van der Waals surface area contributed by atoms with Crippen molar-refractivity contribution in [3.8, 4) is 0 Å². The molecular weight excluding hydrogens is 190 g/mol. The van der Waals surface area contributed by atoms with Gasteiger partial charge >= 0.3 is 0 Å². The Labute approximate surface area is 94.0 Å². The molecule has 0 aliphatic heterocycles. The molecule has 0 aromatic heterocycles. The number of nitrogens with two attached hydrogens (primary N) is 1. The van der Waals surface area contributed by atoms with Crippen LogP contribution in [0.2, 0.25) is 0 Å². The van der Waals surface area contributed by atoms with Crippen molar-refractivity contribution in [3.05, 3.63) is 0 Å². The summed E-state index contributed by atoms with van der Waals surface area (Å²) >= 11 is 0. The summed E-state index contributed by atoms with van der Waals surface area (Å²) in [7, 11) is 0. The predicted octanol–water partition coefficient (Wildman–Crippen LogP) is 1.79. The lowest BCUT2D eigenvalue weighted by molar-refractivity contribution is 0.0484. The van der Waals surface area contributed by atoms with E-state index in [4.69, 9.17) is 10.5 Å². The van der Waals surface area contributed by atoms with Gasteiger partial charge in [-0.3, -0.25) is 0 Å². The minimum atomic E-state index is -0.137. The molecule has 0 rings (SSSR count). The highest BCUT2D eigenvalue weighted by molar-refractivity contribution is 4.80. The van der Waals surface area contributed by atoms with Crippen LogP contribution in [0, 0.1) is 11.3 Å². The molecule has 92 valence electrons. The molecule has 0 amide bonds. The number of aliphatic hydroxyl groups excluding tert-OH is 1. The minimum absolute atomic E-state index is 0.137. The van der Waals surface area contributed by atoms with Gasteiger partial charge in [-0.15, -0.1) is 0 Å². The van der Waals surface area contributed by atoms with E-state index in [9.17, 15) is 5.11 Å². The molecule has 0 saturated carbocycles. The van der Waals surface area contributed by atoms with Crippen molar-refractivity contribution >= 4 is 0 Å². The van der Waals surface area contributed by atoms with Crippen LogP contribution in [0.25, 0.3) is 0 Å². The molecule has 0 heterocycles. The maximum absolute atomic E-state index is 9.45. The molecule has 0 radical (unpaired) electrons. The molecule has 0 saturated heterocycles. The Hall–Kier alpha value is -0.120. The van der Waals surface area contributed by atoms with E-state index in [0.717, 1.165) is 25.9 Å². The highest BCUT2D eigenvalue weighted by Crippen LogP contribution is 2.28. The third kappa shape index (κ3) is 6.13. The van der Waals surface area contributed by atoms with Gasteiger partial charge in [-0.2, -0.15) is 0 Å². The summed E-state index contributed by atoms with van der Waals surface area (Å²) in [5.74, 6) is 0.562. The van der Waals surface area contributed by atoms with Crippen LogP contribution in [0.15, 0.2) is 0 Å². The van der Waals surface area contributed by atoms with E-state index in [0.29, 0.717) is 19.1 Å². The zero-order valence-electron chi connectivity index (χ0n) is 10.5. The van der Waals surface area contributed by atoms with Crippen LogP contribution in [0.5, 0.6) is 0 Å². The molecule has 3 nitrogen and oxygen atoms in total. The summed E-state index contributed by atoms with van der Waals surface area (Å²) in [5.41, 5.74) is 5.63. The van der Waals surface area contributed by atoms with Gasteiger partial charge in [0.15, 0.2) is 0 Å². The fourth-order valence-electron chi connectivity index (χ4n) is 1.90. The molecule has 1 atom stereocenters. The largest absolute Gasteiger partial charge is 0.396 e. The van der Waals surface area contributed by atoms with Crippen LogP contribution >= 0.6 is 0 Å². The van der Waals surface area contributed by atoms with E-state index in [2.05, 4.69) is 20.8 Å². The van der Waals surface area contributed by atoms with Crippen molar-refractivity contribution in [2.24, 2.45) is 17.1 Å². The summed E-state index contributed by atoms with van der Waals surface area (Å²) in [5, 5.41) is 9.45. The molecular formula is C12H27NO2. The second-order valence-corrected chi connectivity index (χ2v) is 4.82. The maximum atomic E-state index is 9.45. The molecule has 0 aliphatic carbocycles. The molecule has 3 N–H and O–H groups in total. The van der Waals surface area contributed by atoms with Crippen LogP contribution < -0.4 is 5.73 Å².